The van der Waals surface area contributed by atoms with Gasteiger partial charge in [-0.1, -0.05) is 18.2 Å². The quantitative estimate of drug-likeness (QED) is 0.850. The molecule has 0 saturated carbocycles. The fraction of sp³-hybridized carbons (Fsp3) is 0.125. The number of nitrogens with one attached hydrogen (secondary N) is 1. The number of carbonyl (C=O) groups is 2. The summed E-state index contributed by atoms with van der Waals surface area (Å²) in [4.78, 5) is 22.7. The molecular weight excluding hydrogens is 287 g/mol. The van der Waals surface area contributed by atoms with Crippen molar-refractivity contribution in [1.82, 2.24) is 5.32 Å². The summed E-state index contributed by atoms with van der Waals surface area (Å²) in [7, 11) is 0. The van der Waals surface area contributed by atoms with Crippen LogP contribution in [0, 0.1) is 5.82 Å². The van der Waals surface area contributed by atoms with E-state index in [-0.39, 0.29) is 24.9 Å². The third-order valence-electron chi connectivity index (χ3n) is 2.82. The van der Waals surface area contributed by atoms with Gasteiger partial charge >= 0.3 is 0 Å². The number of nitrogens with two attached hydrogens (primary N) is 1. The molecule has 2 aromatic carbocycles. The minimum absolute atomic E-state index is 0.211. The molecule has 0 fully saturated rings. The van der Waals surface area contributed by atoms with Crippen molar-refractivity contribution in [2.45, 2.75) is 6.54 Å². The van der Waals surface area contributed by atoms with Gasteiger partial charge in [0.05, 0.1) is 0 Å². The topological polar surface area (TPSA) is 81.4 Å². The van der Waals surface area contributed by atoms with Crippen LogP contribution in [0.2, 0.25) is 0 Å². The van der Waals surface area contributed by atoms with Crippen LogP contribution in [0.4, 0.5) is 4.39 Å². The molecule has 6 heteroatoms. The first-order chi connectivity index (χ1) is 10.5. The minimum Gasteiger partial charge on any atom is -0.484 e. The summed E-state index contributed by atoms with van der Waals surface area (Å²) in [5.74, 6) is -0.902. The maximum atomic E-state index is 13.1. The number of amides is 2. The van der Waals surface area contributed by atoms with E-state index in [0.29, 0.717) is 16.9 Å². The van der Waals surface area contributed by atoms with E-state index < -0.39 is 5.91 Å². The smallest absolute Gasteiger partial charge is 0.255 e. The van der Waals surface area contributed by atoms with Gasteiger partial charge in [0, 0.05) is 12.1 Å². The Kier molecular flexibility index (Phi) is 5.08. The monoisotopic (exact) mass is 302 g/mol. The van der Waals surface area contributed by atoms with Crippen molar-refractivity contribution in [1.29, 1.82) is 0 Å². The lowest BCUT2D eigenvalue weighted by Crippen LogP contribution is -2.23. The van der Waals surface area contributed by atoms with Crippen molar-refractivity contribution in [2.24, 2.45) is 5.73 Å². The van der Waals surface area contributed by atoms with Gasteiger partial charge < -0.3 is 15.8 Å². The second-order valence-electron chi connectivity index (χ2n) is 4.60. The van der Waals surface area contributed by atoms with Crippen LogP contribution in [0.15, 0.2) is 48.5 Å². The predicted octanol–water partition coefficient (Wildman–Crippen LogP) is 1.62. The Morgan fingerprint density at radius 3 is 2.64 bits per heavy atom. The molecule has 0 aliphatic heterocycles. The molecule has 114 valence electrons. The molecule has 0 atom stereocenters. The lowest BCUT2D eigenvalue weighted by Gasteiger charge is -2.08. The highest BCUT2D eigenvalue weighted by molar-refractivity contribution is 5.94. The second kappa shape index (κ2) is 7.21. The Bertz CT molecular complexity index is 689. The first-order valence-corrected chi connectivity index (χ1v) is 6.58. The number of carbonyl (C=O) groups excluding carboxylic acids is 2. The molecule has 2 amide bonds. The summed E-state index contributed by atoms with van der Waals surface area (Å²) in [5, 5.41) is 2.68. The fourth-order valence-electron chi connectivity index (χ4n) is 1.81. The molecule has 2 rings (SSSR count). The normalized spacial score (nSPS) is 10.0. The highest BCUT2D eigenvalue weighted by Crippen LogP contribution is 2.13. The van der Waals surface area contributed by atoms with Crippen LogP contribution in [0.3, 0.4) is 0 Å². The molecule has 5 nitrogen and oxygen atoms in total. The Balaban J connectivity index is 1.97. The van der Waals surface area contributed by atoms with Crippen LogP contribution in [0.5, 0.6) is 5.75 Å². The average molecular weight is 302 g/mol. The van der Waals surface area contributed by atoms with Crippen LogP contribution >= 0.6 is 0 Å². The molecular formula is C16H15FN2O3. The number of primary amides is 1. The Morgan fingerprint density at radius 2 is 1.91 bits per heavy atom. The van der Waals surface area contributed by atoms with Crippen molar-refractivity contribution in [3.05, 3.63) is 65.5 Å². The SMILES string of the molecule is NC(=O)COc1cccc(C(=O)NCc2cccc(F)c2)c1. The molecule has 22 heavy (non-hydrogen) atoms. The van der Waals surface area contributed by atoms with Crippen molar-refractivity contribution in [2.75, 3.05) is 6.61 Å². The van der Waals surface area contributed by atoms with E-state index in [9.17, 15) is 14.0 Å². The van der Waals surface area contributed by atoms with Crippen molar-refractivity contribution >= 4 is 11.8 Å². The van der Waals surface area contributed by atoms with E-state index in [1.807, 2.05) is 0 Å². The molecule has 0 saturated heterocycles. The highest BCUT2D eigenvalue weighted by Gasteiger charge is 2.07. The molecule has 0 aliphatic carbocycles. The first-order valence-electron chi connectivity index (χ1n) is 6.58. The molecule has 0 unspecified atom stereocenters. The third-order valence-corrected chi connectivity index (χ3v) is 2.82. The minimum atomic E-state index is -0.596. The third kappa shape index (κ3) is 4.59. The Labute approximate surface area is 126 Å². The van der Waals surface area contributed by atoms with E-state index in [0.717, 1.165) is 0 Å². The Morgan fingerprint density at radius 1 is 1.14 bits per heavy atom. The number of halogens is 1. The van der Waals surface area contributed by atoms with Gasteiger partial charge in [0.15, 0.2) is 6.61 Å². The van der Waals surface area contributed by atoms with Crippen molar-refractivity contribution in [3.63, 3.8) is 0 Å². The van der Waals surface area contributed by atoms with E-state index in [1.165, 1.54) is 18.2 Å². The number of ether oxygens (including phenoxy) is 1. The van der Waals surface area contributed by atoms with Crippen molar-refractivity contribution < 1.29 is 18.7 Å². The molecule has 0 spiro atoms. The number of benzene rings is 2. The zero-order valence-corrected chi connectivity index (χ0v) is 11.7. The van der Waals surface area contributed by atoms with E-state index in [4.69, 9.17) is 10.5 Å². The van der Waals surface area contributed by atoms with Crippen molar-refractivity contribution in [3.8, 4) is 5.75 Å². The van der Waals surface area contributed by atoms with Crippen LogP contribution < -0.4 is 15.8 Å². The van der Waals surface area contributed by atoms with Gasteiger partial charge in [0.2, 0.25) is 0 Å². The zero-order chi connectivity index (χ0) is 15.9. The van der Waals surface area contributed by atoms with Crippen LogP contribution in [-0.4, -0.2) is 18.4 Å². The van der Waals surface area contributed by atoms with Gasteiger partial charge in [0.25, 0.3) is 11.8 Å². The Hall–Kier alpha value is -2.89. The summed E-state index contributed by atoms with van der Waals surface area (Å²) >= 11 is 0. The maximum absolute atomic E-state index is 13.1. The fourth-order valence-corrected chi connectivity index (χ4v) is 1.81. The number of hydrogen-bond donors (Lipinski definition) is 2. The first kappa shape index (κ1) is 15.5. The van der Waals surface area contributed by atoms with Gasteiger partial charge in [-0.15, -0.1) is 0 Å². The van der Waals surface area contributed by atoms with Gasteiger partial charge in [-0.25, -0.2) is 4.39 Å². The lowest BCUT2D eigenvalue weighted by molar-refractivity contribution is -0.119. The molecule has 0 heterocycles. The molecule has 2 aromatic rings. The molecule has 0 aliphatic rings. The summed E-state index contributed by atoms with van der Waals surface area (Å²) in [6, 6.07) is 12.4. The highest BCUT2D eigenvalue weighted by atomic mass is 19.1. The summed E-state index contributed by atoms with van der Waals surface area (Å²) in [6.07, 6.45) is 0. The largest absolute Gasteiger partial charge is 0.484 e. The van der Waals surface area contributed by atoms with E-state index in [2.05, 4.69) is 5.32 Å². The van der Waals surface area contributed by atoms with Gasteiger partial charge in [-0.05, 0) is 35.9 Å². The predicted molar refractivity (Wildman–Crippen MR) is 78.7 cm³/mol. The molecule has 0 bridgehead atoms. The van der Waals surface area contributed by atoms with Gasteiger partial charge in [-0.3, -0.25) is 9.59 Å². The standard InChI is InChI=1S/C16H15FN2O3/c17-13-5-1-3-11(7-13)9-19-16(21)12-4-2-6-14(8-12)22-10-15(18)20/h1-8H,9-10H2,(H2,18,20)(H,19,21). The molecule has 3 N–H and O–H groups in total. The van der Waals surface area contributed by atoms with Gasteiger partial charge in [-0.2, -0.15) is 0 Å². The summed E-state index contributed by atoms with van der Waals surface area (Å²) in [5.41, 5.74) is 6.02. The van der Waals surface area contributed by atoms with Gasteiger partial charge in [0.1, 0.15) is 11.6 Å². The van der Waals surface area contributed by atoms with E-state index >= 15 is 0 Å². The lowest BCUT2D eigenvalue weighted by atomic mass is 10.2. The van der Waals surface area contributed by atoms with Crippen LogP contribution in [0.1, 0.15) is 15.9 Å². The number of rotatable bonds is 6. The molecule has 0 radical (unpaired) electrons. The zero-order valence-electron chi connectivity index (χ0n) is 11.7. The average Bonchev–Trinajstić information content (AvgIpc) is 2.51. The summed E-state index contributed by atoms with van der Waals surface area (Å²) in [6.45, 7) is -0.0443. The van der Waals surface area contributed by atoms with Crippen LogP contribution in [-0.2, 0) is 11.3 Å². The molecule has 0 aromatic heterocycles. The summed E-state index contributed by atoms with van der Waals surface area (Å²) < 4.78 is 18.2. The number of hydrogen-bond acceptors (Lipinski definition) is 3. The second-order valence-corrected chi connectivity index (χ2v) is 4.60. The van der Waals surface area contributed by atoms with E-state index in [1.54, 1.807) is 30.3 Å². The maximum Gasteiger partial charge on any atom is 0.255 e. The van der Waals surface area contributed by atoms with Crippen LogP contribution in [0.25, 0.3) is 0 Å².